The molecule has 2 fully saturated rings. The second-order valence-corrected chi connectivity index (χ2v) is 13.8. The van der Waals surface area contributed by atoms with Gasteiger partial charge in [-0.2, -0.15) is 4.98 Å². The lowest BCUT2D eigenvalue weighted by atomic mass is 9.98. The first-order valence-electron chi connectivity index (χ1n) is 16.4. The van der Waals surface area contributed by atoms with E-state index in [9.17, 15) is 9.59 Å². The highest BCUT2D eigenvalue weighted by molar-refractivity contribution is 6.34. The number of carbonyl (C=O) groups is 1. The number of pyridine rings is 4. The van der Waals surface area contributed by atoms with Crippen LogP contribution in [0.3, 0.4) is 0 Å². The third-order valence-corrected chi connectivity index (χ3v) is 10.3. The number of aromatic nitrogens is 4. The zero-order valence-corrected chi connectivity index (χ0v) is 29.7. The van der Waals surface area contributed by atoms with E-state index in [1.807, 2.05) is 35.0 Å². The van der Waals surface area contributed by atoms with Crippen molar-refractivity contribution in [3.8, 4) is 17.4 Å². The first kappa shape index (κ1) is 33.8. The lowest BCUT2D eigenvalue weighted by molar-refractivity contribution is 0.101. The molecule has 6 heterocycles. The lowest BCUT2D eigenvalue weighted by Gasteiger charge is -2.43. The first-order chi connectivity index (χ1) is 24.1. The zero-order valence-electron chi connectivity index (χ0n) is 28.2. The Kier molecular flexibility index (Phi) is 9.38. The van der Waals surface area contributed by atoms with Crippen LogP contribution in [0.2, 0.25) is 10.0 Å². The van der Waals surface area contributed by atoms with Gasteiger partial charge in [-0.15, -0.1) is 0 Å². The molecule has 2 aliphatic rings. The number of rotatable bonds is 10. The number of anilines is 2. The fraction of sp³-hybridized carbons (Fsp3) is 0.324. The highest BCUT2D eigenvalue weighted by Gasteiger charge is 2.36. The van der Waals surface area contributed by atoms with Gasteiger partial charge in [0.05, 0.1) is 46.8 Å². The van der Waals surface area contributed by atoms with Gasteiger partial charge < -0.3 is 28.7 Å². The Bertz CT molecular complexity index is 2100. The summed E-state index contributed by atoms with van der Waals surface area (Å²) in [5.74, 6) is 1.35. The number of hydrogen-bond donors (Lipinski definition) is 0. The summed E-state index contributed by atoms with van der Waals surface area (Å²) in [4.78, 5) is 46.5. The maximum absolute atomic E-state index is 13.7. The van der Waals surface area contributed by atoms with E-state index in [4.69, 9.17) is 37.7 Å². The molecule has 0 saturated carbocycles. The van der Waals surface area contributed by atoms with E-state index in [0.29, 0.717) is 45.1 Å². The second-order valence-electron chi connectivity index (χ2n) is 13.0. The Morgan fingerprint density at radius 3 is 2.54 bits per heavy atom. The van der Waals surface area contributed by atoms with Crippen LogP contribution < -0.4 is 24.7 Å². The fourth-order valence-electron chi connectivity index (χ4n) is 6.72. The molecule has 1 aromatic carbocycles. The van der Waals surface area contributed by atoms with Crippen LogP contribution >= 0.6 is 23.2 Å². The van der Waals surface area contributed by atoms with Crippen molar-refractivity contribution in [3.63, 3.8) is 0 Å². The highest BCUT2D eigenvalue weighted by Crippen LogP contribution is 2.40. The topological polar surface area (TPSA) is 106 Å². The summed E-state index contributed by atoms with van der Waals surface area (Å²) in [5.41, 5.74) is 2.86. The molecule has 4 aromatic heterocycles. The fourth-order valence-corrected chi connectivity index (χ4v) is 7.15. The summed E-state index contributed by atoms with van der Waals surface area (Å²) >= 11 is 13.5. The van der Waals surface area contributed by atoms with E-state index in [2.05, 4.69) is 44.8 Å². The van der Waals surface area contributed by atoms with E-state index in [1.165, 1.54) is 14.0 Å². The van der Waals surface area contributed by atoms with Gasteiger partial charge in [-0.1, -0.05) is 29.3 Å². The van der Waals surface area contributed by atoms with Gasteiger partial charge in [-0.25, -0.2) is 4.98 Å². The summed E-state index contributed by atoms with van der Waals surface area (Å²) in [6.45, 7) is 4.08. The summed E-state index contributed by atoms with van der Waals surface area (Å²) < 4.78 is 13.3. The Balaban J connectivity index is 1.28. The lowest BCUT2D eigenvalue weighted by Crippen LogP contribution is -2.57. The van der Waals surface area contributed by atoms with Crippen molar-refractivity contribution in [1.82, 2.24) is 24.4 Å². The number of fused-ring (bicyclic) bond motifs is 1. The molecule has 11 nitrogen and oxygen atoms in total. The SMILES string of the molecule is COc1ccc(Cl)c(OC[C@H]2C[C@H](c3cccnc3)CN2c2cc3c(cc2Cl)c(=O)c(C(C)=O)cn3-c2ccc(N3CC(N(C)C)C3)nc2)n1. The first-order valence-corrected chi connectivity index (χ1v) is 17.1. The number of likely N-dealkylation sites (N-methyl/N-ethyl adjacent to an activating group) is 1. The molecule has 2 atom stereocenters. The van der Waals surface area contributed by atoms with Crippen LogP contribution in [0.1, 0.15) is 35.2 Å². The standard InChI is InChI=1S/C37H37Cl2N7O4/c1-22(47)29-20-46(25-7-9-34(41-16-25)44-18-27(19-44)43(2)3)32-14-33(31(39)13-28(32)36(29)48)45-17-24(23-6-5-11-40-15-23)12-26(45)21-50-37-30(38)8-10-35(42-37)49-4/h5-11,13-16,20,24,26-27H,12,17-19,21H2,1-4H3/t24-,26+/m0/s1. The van der Waals surface area contributed by atoms with Crippen molar-refractivity contribution >= 4 is 51.4 Å². The van der Waals surface area contributed by atoms with Crippen LogP contribution in [0, 0.1) is 0 Å². The van der Waals surface area contributed by atoms with Crippen LogP contribution in [0.5, 0.6) is 11.8 Å². The summed E-state index contributed by atoms with van der Waals surface area (Å²) in [5, 5.41) is 1.10. The van der Waals surface area contributed by atoms with Crippen LogP contribution in [-0.2, 0) is 0 Å². The molecule has 0 bridgehead atoms. The Labute approximate surface area is 300 Å². The van der Waals surface area contributed by atoms with Gasteiger partial charge in [0.2, 0.25) is 11.8 Å². The number of methoxy groups -OCH3 is 1. The predicted octanol–water partition coefficient (Wildman–Crippen LogP) is 5.89. The molecule has 0 radical (unpaired) electrons. The van der Waals surface area contributed by atoms with Gasteiger partial charge in [-0.3, -0.25) is 14.6 Å². The third-order valence-electron chi connectivity index (χ3n) is 9.67. The summed E-state index contributed by atoms with van der Waals surface area (Å²) in [6, 6.07) is 15.2. The normalized spacial score (nSPS) is 17.7. The van der Waals surface area contributed by atoms with Crippen molar-refractivity contribution in [1.29, 1.82) is 0 Å². The molecule has 2 aliphatic heterocycles. The quantitative estimate of drug-likeness (QED) is 0.163. The van der Waals surface area contributed by atoms with E-state index in [0.717, 1.165) is 36.6 Å². The molecule has 0 amide bonds. The van der Waals surface area contributed by atoms with Crippen molar-refractivity contribution in [2.24, 2.45) is 0 Å². The highest BCUT2D eigenvalue weighted by atomic mass is 35.5. The van der Waals surface area contributed by atoms with Crippen LogP contribution in [0.15, 0.2) is 78.1 Å². The maximum atomic E-state index is 13.7. The molecule has 50 heavy (non-hydrogen) atoms. The number of halogens is 2. The van der Waals surface area contributed by atoms with Gasteiger partial charge >= 0.3 is 0 Å². The second kappa shape index (κ2) is 13.9. The minimum atomic E-state index is -0.370. The minimum absolute atomic E-state index is 0.0775. The molecule has 0 N–H and O–H groups in total. The largest absolute Gasteiger partial charge is 0.481 e. The average Bonchev–Trinajstić information content (AvgIpc) is 3.52. The molecule has 0 aliphatic carbocycles. The summed E-state index contributed by atoms with van der Waals surface area (Å²) in [6.07, 6.45) is 7.76. The monoisotopic (exact) mass is 713 g/mol. The number of ether oxygens (including phenoxy) is 2. The number of benzene rings is 1. The minimum Gasteiger partial charge on any atom is -0.481 e. The number of carbonyl (C=O) groups excluding carboxylic acids is 1. The van der Waals surface area contributed by atoms with Gasteiger partial charge in [0.15, 0.2) is 11.2 Å². The molecule has 258 valence electrons. The van der Waals surface area contributed by atoms with Crippen molar-refractivity contribution in [2.45, 2.75) is 31.3 Å². The van der Waals surface area contributed by atoms with Crippen molar-refractivity contribution in [3.05, 3.63) is 105 Å². The number of nitrogens with zero attached hydrogens (tertiary/aromatic N) is 7. The van der Waals surface area contributed by atoms with Crippen LogP contribution in [-0.4, -0.2) is 89.7 Å². The van der Waals surface area contributed by atoms with Gasteiger partial charge in [0.25, 0.3) is 0 Å². The van der Waals surface area contributed by atoms with E-state index < -0.39 is 0 Å². The van der Waals surface area contributed by atoms with E-state index in [1.54, 1.807) is 36.8 Å². The molecular weight excluding hydrogens is 677 g/mol. The molecular formula is C37H37Cl2N7O4. The number of Topliss-reactive ketones (excluding diaryl/α,β-unsaturated/α-hetero) is 1. The molecule has 7 rings (SSSR count). The van der Waals surface area contributed by atoms with Gasteiger partial charge in [0, 0.05) is 61.6 Å². The van der Waals surface area contributed by atoms with Gasteiger partial charge in [-0.05, 0) is 69.4 Å². The predicted molar refractivity (Wildman–Crippen MR) is 196 cm³/mol. The number of hydrogen-bond acceptors (Lipinski definition) is 10. The van der Waals surface area contributed by atoms with Gasteiger partial charge in [0.1, 0.15) is 17.4 Å². The molecule has 2 saturated heterocycles. The molecule has 0 spiro atoms. The average molecular weight is 715 g/mol. The molecule has 13 heteroatoms. The third kappa shape index (κ3) is 6.48. The molecule has 0 unspecified atom stereocenters. The van der Waals surface area contributed by atoms with Crippen LogP contribution in [0.25, 0.3) is 16.6 Å². The zero-order chi connectivity index (χ0) is 35.1. The van der Waals surface area contributed by atoms with Crippen molar-refractivity contribution in [2.75, 3.05) is 57.2 Å². The van der Waals surface area contributed by atoms with Crippen LogP contribution in [0.4, 0.5) is 11.5 Å². The Morgan fingerprint density at radius 2 is 1.86 bits per heavy atom. The Hall–Kier alpha value is -4.71. The number of ketones is 1. The Morgan fingerprint density at radius 1 is 1.04 bits per heavy atom. The maximum Gasteiger partial charge on any atom is 0.235 e. The summed E-state index contributed by atoms with van der Waals surface area (Å²) in [7, 11) is 5.70. The van der Waals surface area contributed by atoms with Crippen molar-refractivity contribution < 1.29 is 14.3 Å². The molecule has 5 aromatic rings. The van der Waals surface area contributed by atoms with E-state index in [-0.39, 0.29) is 41.2 Å². The van der Waals surface area contributed by atoms with E-state index >= 15 is 0 Å². The smallest absolute Gasteiger partial charge is 0.235 e.